The number of hydrogen-bond donors (Lipinski definition) is 0. The minimum absolute atomic E-state index is 0.0964. The van der Waals surface area contributed by atoms with Crippen LogP contribution in [0.15, 0.2) is 34.9 Å². The van der Waals surface area contributed by atoms with Crippen molar-refractivity contribution in [1.82, 2.24) is 9.88 Å². The van der Waals surface area contributed by atoms with E-state index in [2.05, 4.69) is 23.7 Å². The number of oxazole rings is 1. The summed E-state index contributed by atoms with van der Waals surface area (Å²) in [5.74, 6) is 1.47. The molecule has 22 heavy (non-hydrogen) atoms. The highest BCUT2D eigenvalue weighted by Gasteiger charge is 2.27. The van der Waals surface area contributed by atoms with Gasteiger partial charge >= 0.3 is 0 Å². The van der Waals surface area contributed by atoms with Crippen LogP contribution in [0.1, 0.15) is 19.5 Å². The van der Waals surface area contributed by atoms with Crippen molar-refractivity contribution in [3.8, 4) is 17.2 Å². The topological polar surface area (TPSA) is 47.7 Å². The lowest BCUT2D eigenvalue weighted by molar-refractivity contribution is -0.0885. The van der Waals surface area contributed by atoms with Crippen molar-refractivity contribution in [2.24, 2.45) is 0 Å². The van der Waals surface area contributed by atoms with Crippen LogP contribution in [-0.2, 0) is 11.3 Å². The fraction of sp³-hybridized carbons (Fsp3) is 0.471. The minimum atomic E-state index is -0.0964. The molecule has 5 nitrogen and oxygen atoms in total. The number of methoxy groups -OCH3 is 1. The van der Waals surface area contributed by atoms with Crippen molar-refractivity contribution in [3.63, 3.8) is 0 Å². The van der Waals surface area contributed by atoms with E-state index in [1.807, 2.05) is 24.3 Å². The number of nitrogens with zero attached hydrogens (tertiary/aromatic N) is 2. The van der Waals surface area contributed by atoms with E-state index >= 15 is 0 Å². The van der Waals surface area contributed by atoms with Gasteiger partial charge in [0.15, 0.2) is 0 Å². The molecule has 0 spiro atoms. The van der Waals surface area contributed by atoms with Gasteiger partial charge in [-0.15, -0.1) is 0 Å². The third-order valence-electron chi connectivity index (χ3n) is 3.78. The van der Waals surface area contributed by atoms with E-state index in [-0.39, 0.29) is 5.60 Å². The summed E-state index contributed by atoms with van der Waals surface area (Å²) in [5, 5.41) is 0. The Kier molecular flexibility index (Phi) is 4.18. The zero-order valence-corrected chi connectivity index (χ0v) is 13.3. The van der Waals surface area contributed by atoms with E-state index in [9.17, 15) is 0 Å². The second kappa shape index (κ2) is 6.10. The van der Waals surface area contributed by atoms with Crippen molar-refractivity contribution < 1.29 is 13.9 Å². The van der Waals surface area contributed by atoms with Crippen LogP contribution in [0.4, 0.5) is 0 Å². The Balaban J connectivity index is 1.68. The highest BCUT2D eigenvalue weighted by atomic mass is 16.5. The van der Waals surface area contributed by atoms with E-state index in [1.165, 1.54) is 0 Å². The number of aromatic nitrogens is 1. The Morgan fingerprint density at radius 3 is 2.73 bits per heavy atom. The molecular weight excluding hydrogens is 280 g/mol. The van der Waals surface area contributed by atoms with Crippen molar-refractivity contribution in [2.45, 2.75) is 26.0 Å². The summed E-state index contributed by atoms with van der Waals surface area (Å²) in [6.07, 6.45) is 1.74. The Bertz CT molecular complexity index is 619. The molecule has 0 saturated carbocycles. The van der Waals surface area contributed by atoms with Gasteiger partial charge in [-0.05, 0) is 38.1 Å². The second-order valence-corrected chi connectivity index (χ2v) is 6.19. The van der Waals surface area contributed by atoms with Gasteiger partial charge in [0.2, 0.25) is 5.89 Å². The average molecular weight is 302 g/mol. The lowest BCUT2D eigenvalue weighted by Crippen LogP contribution is -2.47. The first-order chi connectivity index (χ1) is 10.6. The molecule has 1 aromatic heterocycles. The Hall–Kier alpha value is -1.85. The van der Waals surface area contributed by atoms with Crippen LogP contribution in [-0.4, -0.2) is 42.3 Å². The van der Waals surface area contributed by atoms with Gasteiger partial charge in [-0.3, -0.25) is 4.90 Å². The maximum Gasteiger partial charge on any atom is 0.226 e. The van der Waals surface area contributed by atoms with Crippen LogP contribution in [0.5, 0.6) is 5.75 Å². The van der Waals surface area contributed by atoms with Crippen molar-refractivity contribution in [1.29, 1.82) is 0 Å². The highest BCUT2D eigenvalue weighted by molar-refractivity contribution is 5.54. The minimum Gasteiger partial charge on any atom is -0.497 e. The summed E-state index contributed by atoms with van der Waals surface area (Å²) in [5.41, 5.74) is 1.80. The zero-order chi connectivity index (χ0) is 15.6. The molecule has 5 heteroatoms. The van der Waals surface area contributed by atoms with Gasteiger partial charge in [-0.1, -0.05) is 0 Å². The van der Waals surface area contributed by atoms with Crippen molar-refractivity contribution >= 4 is 0 Å². The first-order valence-electron chi connectivity index (χ1n) is 7.51. The van der Waals surface area contributed by atoms with E-state index < -0.39 is 0 Å². The van der Waals surface area contributed by atoms with E-state index in [4.69, 9.17) is 13.9 Å². The number of morpholine rings is 1. The molecule has 0 bridgehead atoms. The molecule has 1 saturated heterocycles. The largest absolute Gasteiger partial charge is 0.497 e. The summed E-state index contributed by atoms with van der Waals surface area (Å²) < 4.78 is 16.5. The lowest BCUT2D eigenvalue weighted by Gasteiger charge is -2.37. The van der Waals surface area contributed by atoms with Gasteiger partial charge in [0.05, 0.1) is 25.0 Å². The van der Waals surface area contributed by atoms with E-state index in [1.54, 1.807) is 13.4 Å². The van der Waals surface area contributed by atoms with Crippen molar-refractivity contribution in [2.75, 3.05) is 26.8 Å². The SMILES string of the molecule is COc1ccc(-c2nc(CN3CCOC(C)(C)C3)co2)cc1. The lowest BCUT2D eigenvalue weighted by atomic mass is 10.1. The maximum atomic E-state index is 5.73. The number of benzene rings is 1. The van der Waals surface area contributed by atoms with Gasteiger partial charge < -0.3 is 13.9 Å². The van der Waals surface area contributed by atoms with Crippen LogP contribution in [0.3, 0.4) is 0 Å². The quantitative estimate of drug-likeness (QED) is 0.869. The molecule has 0 radical (unpaired) electrons. The summed E-state index contributed by atoms with van der Waals surface area (Å²) in [4.78, 5) is 6.93. The van der Waals surface area contributed by atoms with Gasteiger partial charge in [-0.25, -0.2) is 4.98 Å². The Morgan fingerprint density at radius 2 is 2.05 bits per heavy atom. The molecule has 118 valence electrons. The average Bonchev–Trinajstić information content (AvgIpc) is 2.95. The third kappa shape index (κ3) is 3.48. The Morgan fingerprint density at radius 1 is 1.27 bits per heavy atom. The molecule has 1 aromatic carbocycles. The number of ether oxygens (including phenoxy) is 2. The zero-order valence-electron chi connectivity index (χ0n) is 13.3. The van der Waals surface area contributed by atoms with Crippen LogP contribution < -0.4 is 4.74 Å². The number of rotatable bonds is 4. The summed E-state index contributed by atoms with van der Waals surface area (Å²) in [6.45, 7) is 7.60. The maximum absolute atomic E-state index is 5.73. The Labute approximate surface area is 130 Å². The molecule has 1 aliphatic rings. The monoisotopic (exact) mass is 302 g/mol. The van der Waals surface area contributed by atoms with Crippen molar-refractivity contribution in [3.05, 3.63) is 36.2 Å². The highest BCUT2D eigenvalue weighted by Crippen LogP contribution is 2.23. The molecule has 2 heterocycles. The van der Waals surface area contributed by atoms with Gasteiger partial charge in [0.1, 0.15) is 12.0 Å². The fourth-order valence-electron chi connectivity index (χ4n) is 2.72. The first-order valence-corrected chi connectivity index (χ1v) is 7.51. The molecule has 0 aliphatic carbocycles. The second-order valence-electron chi connectivity index (χ2n) is 6.19. The molecule has 1 aliphatic heterocycles. The smallest absolute Gasteiger partial charge is 0.226 e. The molecular formula is C17H22N2O3. The molecule has 3 rings (SSSR count). The molecule has 0 N–H and O–H groups in total. The number of hydrogen-bond acceptors (Lipinski definition) is 5. The summed E-state index contributed by atoms with van der Waals surface area (Å²) in [6, 6.07) is 7.71. The molecule has 0 atom stereocenters. The van der Waals surface area contributed by atoms with Crippen LogP contribution in [0.25, 0.3) is 11.5 Å². The molecule has 0 amide bonds. The molecule has 1 fully saturated rings. The first kappa shape index (κ1) is 15.1. The predicted molar refractivity (Wildman–Crippen MR) is 83.8 cm³/mol. The van der Waals surface area contributed by atoms with E-state index in [0.717, 1.165) is 43.2 Å². The predicted octanol–water partition coefficient (Wildman–Crippen LogP) is 2.96. The van der Waals surface area contributed by atoms with Crippen LogP contribution in [0.2, 0.25) is 0 Å². The fourth-order valence-corrected chi connectivity index (χ4v) is 2.72. The summed E-state index contributed by atoms with van der Waals surface area (Å²) in [7, 11) is 1.65. The third-order valence-corrected chi connectivity index (χ3v) is 3.78. The molecule has 0 unspecified atom stereocenters. The van der Waals surface area contributed by atoms with Crippen LogP contribution in [0, 0.1) is 0 Å². The standard InChI is InChI=1S/C17H22N2O3/c1-17(2)12-19(8-9-22-17)10-14-11-21-16(18-14)13-4-6-15(20-3)7-5-13/h4-7,11H,8-10,12H2,1-3H3. The van der Waals surface area contributed by atoms with E-state index in [0.29, 0.717) is 5.89 Å². The van der Waals surface area contributed by atoms with Gasteiger partial charge in [0, 0.05) is 25.2 Å². The van der Waals surface area contributed by atoms with Gasteiger partial charge in [0.25, 0.3) is 0 Å². The normalized spacial score (nSPS) is 18.3. The summed E-state index contributed by atoms with van der Waals surface area (Å²) >= 11 is 0. The van der Waals surface area contributed by atoms with Crippen LogP contribution >= 0.6 is 0 Å². The molecule has 2 aromatic rings. The van der Waals surface area contributed by atoms with Gasteiger partial charge in [-0.2, -0.15) is 0 Å².